The standard InChI is InChI=1S/C12H13N5/c1-8-7-16(2)11-5-4-9(6-10(8)11)12-13-14-15-17(12)3/h4-7H,1-3H3. The van der Waals surface area contributed by atoms with Gasteiger partial charge in [-0.3, -0.25) is 0 Å². The normalized spacial score (nSPS) is 11.2. The van der Waals surface area contributed by atoms with Crippen molar-refractivity contribution < 1.29 is 0 Å². The molecular formula is C12H13N5. The Labute approximate surface area is 98.7 Å². The van der Waals surface area contributed by atoms with Crippen molar-refractivity contribution in [2.75, 3.05) is 0 Å². The number of nitrogens with zero attached hydrogens (tertiary/aromatic N) is 5. The van der Waals surface area contributed by atoms with E-state index in [9.17, 15) is 0 Å². The molecule has 0 saturated carbocycles. The number of aromatic nitrogens is 5. The highest BCUT2D eigenvalue weighted by Crippen LogP contribution is 2.25. The molecule has 0 radical (unpaired) electrons. The van der Waals surface area contributed by atoms with Crippen LogP contribution < -0.4 is 0 Å². The van der Waals surface area contributed by atoms with Gasteiger partial charge in [-0.2, -0.15) is 0 Å². The highest BCUT2D eigenvalue weighted by molar-refractivity contribution is 5.87. The maximum atomic E-state index is 4.02. The molecule has 17 heavy (non-hydrogen) atoms. The number of hydrogen-bond acceptors (Lipinski definition) is 3. The zero-order valence-electron chi connectivity index (χ0n) is 10.0. The van der Waals surface area contributed by atoms with Gasteiger partial charge in [0.05, 0.1) is 0 Å². The molecule has 0 spiro atoms. The molecule has 0 aliphatic carbocycles. The second-order valence-corrected chi connectivity index (χ2v) is 4.28. The van der Waals surface area contributed by atoms with Crippen molar-refractivity contribution >= 4 is 10.9 Å². The number of hydrogen-bond donors (Lipinski definition) is 0. The Bertz CT molecular complexity index is 692. The Morgan fingerprint density at radius 3 is 2.71 bits per heavy atom. The third-order valence-electron chi connectivity index (χ3n) is 3.07. The van der Waals surface area contributed by atoms with E-state index in [2.05, 4.69) is 52.4 Å². The number of fused-ring (bicyclic) bond motifs is 1. The molecule has 3 rings (SSSR count). The van der Waals surface area contributed by atoms with Gasteiger partial charge in [0.1, 0.15) is 0 Å². The fourth-order valence-corrected chi connectivity index (χ4v) is 2.20. The van der Waals surface area contributed by atoms with Crippen molar-refractivity contribution in [3.8, 4) is 11.4 Å². The molecule has 0 fully saturated rings. The first-order valence-electron chi connectivity index (χ1n) is 5.45. The van der Waals surface area contributed by atoms with Gasteiger partial charge in [0.2, 0.25) is 0 Å². The lowest BCUT2D eigenvalue weighted by Crippen LogP contribution is -1.94. The summed E-state index contributed by atoms with van der Waals surface area (Å²) in [5.41, 5.74) is 3.53. The van der Waals surface area contributed by atoms with Crippen molar-refractivity contribution in [2.24, 2.45) is 14.1 Å². The highest BCUT2D eigenvalue weighted by Gasteiger charge is 2.09. The maximum Gasteiger partial charge on any atom is 0.181 e. The topological polar surface area (TPSA) is 48.5 Å². The largest absolute Gasteiger partial charge is 0.350 e. The van der Waals surface area contributed by atoms with Crippen LogP contribution in [-0.4, -0.2) is 24.8 Å². The van der Waals surface area contributed by atoms with E-state index in [1.165, 1.54) is 16.5 Å². The van der Waals surface area contributed by atoms with E-state index in [1.54, 1.807) is 4.68 Å². The smallest absolute Gasteiger partial charge is 0.181 e. The van der Waals surface area contributed by atoms with Crippen LogP contribution in [0, 0.1) is 6.92 Å². The average Bonchev–Trinajstić information content (AvgIpc) is 2.84. The second kappa shape index (κ2) is 3.41. The number of benzene rings is 1. The third kappa shape index (κ3) is 1.43. The van der Waals surface area contributed by atoms with Gasteiger partial charge >= 0.3 is 0 Å². The Hall–Kier alpha value is -2.17. The lowest BCUT2D eigenvalue weighted by Gasteiger charge is -2.01. The Morgan fingerprint density at radius 1 is 1.18 bits per heavy atom. The quantitative estimate of drug-likeness (QED) is 0.635. The molecule has 0 amide bonds. The molecule has 0 aliphatic rings. The molecule has 0 N–H and O–H groups in total. The second-order valence-electron chi connectivity index (χ2n) is 4.28. The van der Waals surface area contributed by atoms with Gasteiger partial charge in [-0.05, 0) is 41.1 Å². The lowest BCUT2D eigenvalue weighted by molar-refractivity contribution is 0.715. The van der Waals surface area contributed by atoms with E-state index in [4.69, 9.17) is 0 Å². The molecule has 0 aliphatic heterocycles. The van der Waals surface area contributed by atoms with Crippen LogP contribution in [0.25, 0.3) is 22.3 Å². The molecule has 5 heteroatoms. The Balaban J connectivity index is 2.27. The predicted octanol–water partition coefficient (Wildman–Crippen LogP) is 1.68. The lowest BCUT2D eigenvalue weighted by atomic mass is 10.1. The zero-order chi connectivity index (χ0) is 12.0. The fraction of sp³-hybridized carbons (Fsp3) is 0.250. The summed E-state index contributed by atoms with van der Waals surface area (Å²) >= 11 is 0. The number of aryl methyl sites for hydroxylation is 3. The first-order valence-corrected chi connectivity index (χ1v) is 5.45. The first kappa shape index (κ1) is 10.0. The molecule has 0 atom stereocenters. The SMILES string of the molecule is Cc1cn(C)c2ccc(-c3nnnn3C)cc12. The van der Waals surface area contributed by atoms with Crippen molar-refractivity contribution in [3.05, 3.63) is 30.0 Å². The van der Waals surface area contributed by atoms with Crippen LogP contribution >= 0.6 is 0 Å². The molecule has 3 aromatic rings. The van der Waals surface area contributed by atoms with E-state index < -0.39 is 0 Å². The van der Waals surface area contributed by atoms with E-state index in [0.29, 0.717) is 0 Å². The van der Waals surface area contributed by atoms with Crippen LogP contribution in [0.1, 0.15) is 5.56 Å². The number of tetrazole rings is 1. The zero-order valence-corrected chi connectivity index (χ0v) is 10.0. The summed E-state index contributed by atoms with van der Waals surface area (Å²) in [6, 6.07) is 6.29. The van der Waals surface area contributed by atoms with Crippen LogP contribution in [0.3, 0.4) is 0 Å². The van der Waals surface area contributed by atoms with Gasteiger partial charge in [-0.1, -0.05) is 0 Å². The average molecular weight is 227 g/mol. The van der Waals surface area contributed by atoms with Crippen LogP contribution in [0.15, 0.2) is 24.4 Å². The highest BCUT2D eigenvalue weighted by atomic mass is 15.5. The monoisotopic (exact) mass is 227 g/mol. The van der Waals surface area contributed by atoms with E-state index in [-0.39, 0.29) is 0 Å². The maximum absolute atomic E-state index is 4.02. The van der Waals surface area contributed by atoms with Gasteiger partial charge in [0, 0.05) is 36.8 Å². The minimum atomic E-state index is 0.787. The fourth-order valence-electron chi connectivity index (χ4n) is 2.20. The van der Waals surface area contributed by atoms with Gasteiger partial charge in [-0.25, -0.2) is 4.68 Å². The summed E-state index contributed by atoms with van der Waals surface area (Å²) in [5, 5.41) is 12.8. The van der Waals surface area contributed by atoms with Crippen LogP contribution in [0.5, 0.6) is 0 Å². The molecule has 5 nitrogen and oxygen atoms in total. The number of rotatable bonds is 1. The molecule has 2 heterocycles. The molecule has 1 aromatic carbocycles. The first-order chi connectivity index (χ1) is 8.16. The minimum Gasteiger partial charge on any atom is -0.350 e. The van der Waals surface area contributed by atoms with Crippen molar-refractivity contribution in [2.45, 2.75) is 6.92 Å². The minimum absolute atomic E-state index is 0.787. The van der Waals surface area contributed by atoms with Crippen molar-refractivity contribution in [1.82, 2.24) is 24.8 Å². The molecule has 86 valence electrons. The summed E-state index contributed by atoms with van der Waals surface area (Å²) in [4.78, 5) is 0. The third-order valence-corrected chi connectivity index (χ3v) is 3.07. The molecule has 0 bridgehead atoms. The molecule has 2 aromatic heterocycles. The summed E-state index contributed by atoms with van der Waals surface area (Å²) in [7, 11) is 3.90. The van der Waals surface area contributed by atoms with Gasteiger partial charge in [0.25, 0.3) is 0 Å². The molecule has 0 saturated heterocycles. The summed E-state index contributed by atoms with van der Waals surface area (Å²) in [6.07, 6.45) is 2.13. The van der Waals surface area contributed by atoms with E-state index in [0.717, 1.165) is 11.4 Å². The van der Waals surface area contributed by atoms with Crippen molar-refractivity contribution in [1.29, 1.82) is 0 Å². The predicted molar refractivity (Wildman–Crippen MR) is 65.4 cm³/mol. The Kier molecular flexibility index (Phi) is 2.01. The molecular weight excluding hydrogens is 214 g/mol. The van der Waals surface area contributed by atoms with Crippen LogP contribution in [0.2, 0.25) is 0 Å². The van der Waals surface area contributed by atoms with Crippen molar-refractivity contribution in [3.63, 3.8) is 0 Å². The van der Waals surface area contributed by atoms with Crippen LogP contribution in [0.4, 0.5) is 0 Å². The van der Waals surface area contributed by atoms with Crippen LogP contribution in [-0.2, 0) is 14.1 Å². The van der Waals surface area contributed by atoms with E-state index in [1.807, 2.05) is 13.1 Å². The van der Waals surface area contributed by atoms with Gasteiger partial charge in [0.15, 0.2) is 5.82 Å². The molecule has 0 unspecified atom stereocenters. The van der Waals surface area contributed by atoms with Gasteiger partial charge < -0.3 is 4.57 Å². The van der Waals surface area contributed by atoms with E-state index >= 15 is 0 Å². The summed E-state index contributed by atoms with van der Waals surface area (Å²) in [5.74, 6) is 0.787. The summed E-state index contributed by atoms with van der Waals surface area (Å²) in [6.45, 7) is 2.11. The summed E-state index contributed by atoms with van der Waals surface area (Å²) < 4.78 is 3.81. The Morgan fingerprint density at radius 2 is 2.00 bits per heavy atom. The van der Waals surface area contributed by atoms with Gasteiger partial charge in [-0.15, -0.1) is 5.10 Å².